The number of benzene rings is 2. The summed E-state index contributed by atoms with van der Waals surface area (Å²) in [6.07, 6.45) is 1.98. The summed E-state index contributed by atoms with van der Waals surface area (Å²) in [6, 6.07) is 9.95. The van der Waals surface area contributed by atoms with Crippen LogP contribution in [0.3, 0.4) is 0 Å². The fraction of sp³-hybridized carbons (Fsp3) is 0.458. The molecule has 4 rings (SSSR count). The first kappa shape index (κ1) is 23.5. The van der Waals surface area contributed by atoms with Gasteiger partial charge in [-0.25, -0.2) is 8.78 Å². The van der Waals surface area contributed by atoms with Crippen LogP contribution < -0.4 is 9.47 Å². The van der Waals surface area contributed by atoms with Gasteiger partial charge < -0.3 is 9.47 Å². The minimum Gasteiger partial charge on any atom is -0.493 e. The number of fused-ring (bicyclic) bond motifs is 1. The number of ketones is 1. The van der Waals surface area contributed by atoms with Gasteiger partial charge in [-0.1, -0.05) is 12.1 Å². The Morgan fingerprint density at radius 3 is 2.42 bits per heavy atom. The SMILES string of the molecule is COc1cc2c(cc1OC)C(=O)C(F)(CC1CCN(Cc3cccc(F)c3)CC1)C2.Cl. The van der Waals surface area contributed by atoms with Crippen LogP contribution in [0.5, 0.6) is 11.5 Å². The number of methoxy groups -OCH3 is 2. The number of hydrogen-bond acceptors (Lipinski definition) is 4. The van der Waals surface area contributed by atoms with Crippen LogP contribution >= 0.6 is 12.4 Å². The average Bonchev–Trinajstić information content (AvgIpc) is 2.98. The van der Waals surface area contributed by atoms with Crippen LogP contribution in [-0.4, -0.2) is 43.7 Å². The third-order valence-electron chi connectivity index (χ3n) is 6.35. The Kier molecular flexibility index (Phi) is 7.22. The monoisotopic (exact) mass is 451 g/mol. The normalized spacial score (nSPS) is 21.5. The van der Waals surface area contributed by atoms with Gasteiger partial charge in [-0.3, -0.25) is 9.69 Å². The van der Waals surface area contributed by atoms with E-state index < -0.39 is 11.5 Å². The molecule has 1 atom stereocenters. The number of rotatable bonds is 6. The Bertz CT molecular complexity index is 946. The van der Waals surface area contributed by atoms with Crippen LogP contribution in [0.25, 0.3) is 0 Å². The highest BCUT2D eigenvalue weighted by Crippen LogP contribution is 2.43. The number of hydrogen-bond donors (Lipinski definition) is 0. The molecule has 1 unspecified atom stereocenters. The van der Waals surface area contributed by atoms with Gasteiger partial charge in [0, 0.05) is 18.5 Å². The first-order valence-electron chi connectivity index (χ1n) is 10.4. The molecule has 0 spiro atoms. The van der Waals surface area contributed by atoms with Crippen LogP contribution in [-0.2, 0) is 13.0 Å². The van der Waals surface area contributed by atoms with Gasteiger partial charge in [0.05, 0.1) is 14.2 Å². The summed E-state index contributed by atoms with van der Waals surface area (Å²) < 4.78 is 39.7. The van der Waals surface area contributed by atoms with Crippen LogP contribution in [0.2, 0.25) is 0 Å². The molecule has 1 saturated heterocycles. The molecule has 0 aromatic heterocycles. The molecule has 2 aromatic rings. The van der Waals surface area contributed by atoms with E-state index in [9.17, 15) is 9.18 Å². The van der Waals surface area contributed by atoms with Crippen molar-refractivity contribution in [2.45, 2.75) is 37.9 Å². The lowest BCUT2D eigenvalue weighted by atomic mass is 9.83. The molecule has 1 aliphatic heterocycles. The summed E-state index contributed by atoms with van der Waals surface area (Å²) in [5, 5.41) is 0. The molecular weight excluding hydrogens is 424 g/mol. The maximum Gasteiger partial charge on any atom is 0.200 e. The molecular formula is C24H28ClF2NO3. The molecule has 0 N–H and O–H groups in total. The second kappa shape index (κ2) is 9.53. The van der Waals surface area contributed by atoms with Gasteiger partial charge in [-0.15, -0.1) is 12.4 Å². The number of likely N-dealkylation sites (tertiary alicyclic amines) is 1. The minimum absolute atomic E-state index is 0. The Hall–Kier alpha value is -2.18. The van der Waals surface area contributed by atoms with Gasteiger partial charge in [-0.2, -0.15) is 0 Å². The summed E-state index contributed by atoms with van der Waals surface area (Å²) in [5.41, 5.74) is 0.164. The van der Waals surface area contributed by atoms with E-state index in [1.54, 1.807) is 24.3 Å². The topological polar surface area (TPSA) is 38.8 Å². The Balaban J connectivity index is 0.00000272. The summed E-state index contributed by atoms with van der Waals surface area (Å²) in [7, 11) is 3.03. The van der Waals surface area contributed by atoms with Crippen molar-refractivity contribution in [1.29, 1.82) is 0 Å². The second-order valence-corrected chi connectivity index (χ2v) is 8.39. The molecule has 4 nitrogen and oxygen atoms in total. The third kappa shape index (κ3) is 4.85. The Morgan fingerprint density at radius 2 is 1.77 bits per heavy atom. The molecule has 0 bridgehead atoms. The fourth-order valence-corrected chi connectivity index (χ4v) is 4.77. The molecule has 7 heteroatoms. The highest BCUT2D eigenvalue weighted by Gasteiger charge is 2.48. The first-order chi connectivity index (χ1) is 14.4. The van der Waals surface area contributed by atoms with Crippen molar-refractivity contribution in [3.8, 4) is 11.5 Å². The summed E-state index contributed by atoms with van der Waals surface area (Å²) in [6.45, 7) is 2.33. The van der Waals surface area contributed by atoms with E-state index in [2.05, 4.69) is 4.90 Å². The largest absolute Gasteiger partial charge is 0.493 e. The van der Waals surface area contributed by atoms with Gasteiger partial charge in [0.25, 0.3) is 0 Å². The Morgan fingerprint density at radius 1 is 1.10 bits per heavy atom. The predicted octanol–water partition coefficient (Wildman–Crippen LogP) is 5.01. The number of alkyl halides is 1. The smallest absolute Gasteiger partial charge is 0.200 e. The van der Waals surface area contributed by atoms with E-state index >= 15 is 4.39 Å². The van der Waals surface area contributed by atoms with Crippen LogP contribution in [0, 0.1) is 11.7 Å². The van der Waals surface area contributed by atoms with E-state index in [1.165, 1.54) is 20.3 Å². The number of piperidine rings is 1. The fourth-order valence-electron chi connectivity index (χ4n) is 4.77. The standard InChI is InChI=1S/C24H27F2NO3.ClH/c1-29-21-11-18-14-24(26,23(28)20(18)12-22(21)30-2)13-16-6-8-27(9-7-16)15-17-4-3-5-19(25)10-17;/h3-5,10-12,16H,6-9,13-15H2,1-2H3;1H. The molecule has 0 amide bonds. The molecule has 168 valence electrons. The summed E-state index contributed by atoms with van der Waals surface area (Å²) in [4.78, 5) is 15.1. The van der Waals surface area contributed by atoms with Crippen molar-refractivity contribution in [2.24, 2.45) is 5.92 Å². The molecule has 31 heavy (non-hydrogen) atoms. The lowest BCUT2D eigenvalue weighted by molar-refractivity contribution is 0.0587. The van der Waals surface area contributed by atoms with Gasteiger partial charge in [0.15, 0.2) is 17.2 Å². The van der Waals surface area contributed by atoms with Crippen molar-refractivity contribution in [1.82, 2.24) is 4.90 Å². The zero-order valence-corrected chi connectivity index (χ0v) is 18.6. The lowest BCUT2D eigenvalue weighted by Crippen LogP contribution is -2.38. The predicted molar refractivity (Wildman–Crippen MR) is 118 cm³/mol. The number of nitrogens with zero attached hydrogens (tertiary/aromatic N) is 1. The maximum atomic E-state index is 15.8. The summed E-state index contributed by atoms with van der Waals surface area (Å²) >= 11 is 0. The third-order valence-corrected chi connectivity index (χ3v) is 6.35. The molecule has 1 aliphatic carbocycles. The minimum atomic E-state index is -1.87. The highest BCUT2D eigenvalue weighted by molar-refractivity contribution is 6.07. The van der Waals surface area contributed by atoms with E-state index in [4.69, 9.17) is 9.47 Å². The molecule has 2 aromatic carbocycles. The van der Waals surface area contributed by atoms with Crippen molar-refractivity contribution in [3.05, 3.63) is 58.9 Å². The highest BCUT2D eigenvalue weighted by atomic mass is 35.5. The number of halogens is 3. The number of ether oxygens (including phenoxy) is 2. The van der Waals surface area contributed by atoms with Crippen LogP contribution in [0.1, 0.15) is 40.7 Å². The van der Waals surface area contributed by atoms with E-state index in [0.717, 1.165) is 31.5 Å². The summed E-state index contributed by atoms with van der Waals surface area (Å²) in [5.74, 6) is 0.439. The number of Topliss-reactive ketones (excluding diaryl/α,β-unsaturated/α-hetero) is 1. The average molecular weight is 452 g/mol. The number of carbonyl (C=O) groups excluding carboxylic acids is 1. The molecule has 1 heterocycles. The lowest BCUT2D eigenvalue weighted by Gasteiger charge is -2.34. The van der Waals surface area contributed by atoms with Gasteiger partial charge in [0.2, 0.25) is 5.78 Å². The Labute approximate surface area is 187 Å². The van der Waals surface area contributed by atoms with Crippen molar-refractivity contribution >= 4 is 18.2 Å². The zero-order valence-electron chi connectivity index (χ0n) is 17.8. The maximum absolute atomic E-state index is 15.8. The van der Waals surface area contributed by atoms with Crippen LogP contribution in [0.15, 0.2) is 36.4 Å². The van der Waals surface area contributed by atoms with Crippen LogP contribution in [0.4, 0.5) is 8.78 Å². The number of carbonyl (C=O) groups is 1. The molecule has 2 aliphatic rings. The van der Waals surface area contributed by atoms with Gasteiger partial charge in [0.1, 0.15) is 5.82 Å². The van der Waals surface area contributed by atoms with Crippen molar-refractivity contribution in [3.63, 3.8) is 0 Å². The van der Waals surface area contributed by atoms with E-state index in [-0.39, 0.29) is 37.0 Å². The van der Waals surface area contributed by atoms with E-state index in [0.29, 0.717) is 29.2 Å². The van der Waals surface area contributed by atoms with Gasteiger partial charge >= 0.3 is 0 Å². The van der Waals surface area contributed by atoms with Gasteiger partial charge in [-0.05, 0) is 73.7 Å². The molecule has 0 radical (unpaired) electrons. The van der Waals surface area contributed by atoms with Crippen molar-refractivity contribution < 1.29 is 23.0 Å². The quantitative estimate of drug-likeness (QED) is 0.618. The molecule has 0 saturated carbocycles. The van der Waals surface area contributed by atoms with E-state index in [1.807, 2.05) is 6.07 Å². The molecule has 1 fully saturated rings. The van der Waals surface area contributed by atoms with Crippen molar-refractivity contribution in [2.75, 3.05) is 27.3 Å². The zero-order chi connectivity index (χ0) is 21.3. The second-order valence-electron chi connectivity index (χ2n) is 8.39. The first-order valence-corrected chi connectivity index (χ1v) is 10.4.